The van der Waals surface area contributed by atoms with Crippen LogP contribution in [0.4, 0.5) is 11.6 Å². The number of morpholine rings is 1. The molecule has 0 bridgehead atoms. The predicted octanol–water partition coefficient (Wildman–Crippen LogP) is 1.22. The van der Waals surface area contributed by atoms with Crippen LogP contribution in [0.1, 0.15) is 11.1 Å². The van der Waals surface area contributed by atoms with Crippen molar-refractivity contribution in [1.82, 2.24) is 9.78 Å². The van der Waals surface area contributed by atoms with Gasteiger partial charge in [0.05, 0.1) is 19.8 Å². The number of ether oxygens (including phenoxy) is 1. The maximum atomic E-state index is 9.37. The second-order valence-electron chi connectivity index (χ2n) is 4.94. The van der Waals surface area contributed by atoms with Crippen molar-refractivity contribution in [3.8, 4) is 6.07 Å². The highest BCUT2D eigenvalue weighted by molar-refractivity contribution is 5.65. The van der Waals surface area contributed by atoms with Crippen LogP contribution in [-0.4, -0.2) is 36.1 Å². The normalized spacial score (nSPS) is 14.9. The smallest absolute Gasteiger partial charge is 0.171 e. The molecule has 2 aromatic rings. The van der Waals surface area contributed by atoms with Crippen molar-refractivity contribution in [3.63, 3.8) is 0 Å². The molecule has 1 aromatic heterocycles. The maximum absolute atomic E-state index is 9.37. The first-order chi connectivity index (χ1) is 10.3. The average molecular weight is 283 g/mol. The van der Waals surface area contributed by atoms with Crippen LogP contribution < -0.4 is 10.6 Å². The van der Waals surface area contributed by atoms with E-state index in [2.05, 4.69) is 16.1 Å². The van der Waals surface area contributed by atoms with Gasteiger partial charge in [-0.05, 0) is 5.56 Å². The van der Waals surface area contributed by atoms with Crippen LogP contribution >= 0.6 is 0 Å². The molecule has 1 aliphatic rings. The van der Waals surface area contributed by atoms with Crippen molar-refractivity contribution in [3.05, 3.63) is 41.5 Å². The number of nitrogen functional groups attached to an aromatic ring is 1. The van der Waals surface area contributed by atoms with E-state index in [4.69, 9.17) is 10.5 Å². The molecule has 0 saturated carbocycles. The number of rotatable bonds is 3. The van der Waals surface area contributed by atoms with Crippen LogP contribution in [0.2, 0.25) is 0 Å². The Morgan fingerprint density at radius 1 is 1.24 bits per heavy atom. The molecule has 21 heavy (non-hydrogen) atoms. The van der Waals surface area contributed by atoms with Gasteiger partial charge in [-0.2, -0.15) is 10.4 Å². The van der Waals surface area contributed by atoms with Crippen molar-refractivity contribution in [2.24, 2.45) is 0 Å². The SMILES string of the molecule is N#Cc1c(N2CCOCC2)nn(Cc2ccccc2)c1N. The van der Waals surface area contributed by atoms with E-state index in [0.29, 0.717) is 37.0 Å². The summed E-state index contributed by atoms with van der Waals surface area (Å²) in [6.45, 7) is 3.32. The molecule has 0 spiro atoms. The van der Waals surface area contributed by atoms with Gasteiger partial charge in [-0.25, -0.2) is 4.68 Å². The standard InChI is InChI=1S/C15H17N5O/c16-10-13-14(17)20(11-12-4-2-1-3-5-12)18-15(13)19-6-8-21-9-7-19/h1-5H,6-9,11,17H2. The average Bonchev–Trinajstić information content (AvgIpc) is 2.85. The minimum absolute atomic E-state index is 0.419. The third-order valence-electron chi connectivity index (χ3n) is 3.57. The molecule has 1 saturated heterocycles. The Hall–Kier alpha value is -2.52. The highest BCUT2D eigenvalue weighted by Crippen LogP contribution is 2.25. The summed E-state index contributed by atoms with van der Waals surface area (Å²) < 4.78 is 7.03. The van der Waals surface area contributed by atoms with Crippen LogP contribution in [0.3, 0.4) is 0 Å². The maximum Gasteiger partial charge on any atom is 0.171 e. The number of nitrogens with two attached hydrogens (primary N) is 1. The minimum Gasteiger partial charge on any atom is -0.383 e. The predicted molar refractivity (Wildman–Crippen MR) is 79.9 cm³/mol. The molecule has 6 heteroatoms. The highest BCUT2D eigenvalue weighted by Gasteiger charge is 2.22. The van der Waals surface area contributed by atoms with E-state index in [0.717, 1.165) is 18.7 Å². The topological polar surface area (TPSA) is 80.1 Å². The lowest BCUT2D eigenvalue weighted by atomic mass is 10.2. The summed E-state index contributed by atoms with van der Waals surface area (Å²) in [4.78, 5) is 2.06. The molecule has 0 radical (unpaired) electrons. The second kappa shape index (κ2) is 5.85. The summed E-state index contributed by atoms with van der Waals surface area (Å²) >= 11 is 0. The Kier molecular flexibility index (Phi) is 3.75. The number of hydrogen-bond donors (Lipinski definition) is 1. The Bertz CT molecular complexity index is 653. The molecule has 0 aliphatic carbocycles. The molecule has 1 fully saturated rings. The molecular weight excluding hydrogens is 266 g/mol. The van der Waals surface area contributed by atoms with Crippen molar-refractivity contribution < 1.29 is 4.74 Å². The fourth-order valence-corrected chi connectivity index (χ4v) is 2.44. The van der Waals surface area contributed by atoms with Crippen molar-refractivity contribution in [1.29, 1.82) is 5.26 Å². The van der Waals surface area contributed by atoms with Gasteiger partial charge >= 0.3 is 0 Å². The molecule has 1 aromatic carbocycles. The summed E-state index contributed by atoms with van der Waals surface area (Å²) in [5.41, 5.74) is 7.64. The van der Waals surface area contributed by atoms with E-state index in [1.54, 1.807) is 4.68 Å². The first-order valence-corrected chi connectivity index (χ1v) is 6.92. The second-order valence-corrected chi connectivity index (χ2v) is 4.94. The fourth-order valence-electron chi connectivity index (χ4n) is 2.44. The third-order valence-corrected chi connectivity index (χ3v) is 3.57. The van der Waals surface area contributed by atoms with Gasteiger partial charge in [-0.15, -0.1) is 0 Å². The number of aromatic nitrogens is 2. The molecule has 3 rings (SSSR count). The number of nitriles is 1. The van der Waals surface area contributed by atoms with Gasteiger partial charge in [-0.3, -0.25) is 0 Å². The molecule has 6 nitrogen and oxygen atoms in total. The molecule has 108 valence electrons. The van der Waals surface area contributed by atoms with Crippen LogP contribution in [0.5, 0.6) is 0 Å². The number of hydrogen-bond acceptors (Lipinski definition) is 5. The van der Waals surface area contributed by atoms with Gasteiger partial charge < -0.3 is 15.4 Å². The van der Waals surface area contributed by atoms with Crippen LogP contribution in [0.15, 0.2) is 30.3 Å². The molecular formula is C15H17N5O. The monoisotopic (exact) mass is 283 g/mol. The molecule has 0 amide bonds. The lowest BCUT2D eigenvalue weighted by Crippen LogP contribution is -2.37. The van der Waals surface area contributed by atoms with Crippen LogP contribution in [0.25, 0.3) is 0 Å². The van der Waals surface area contributed by atoms with E-state index in [1.165, 1.54) is 0 Å². The van der Waals surface area contributed by atoms with E-state index in [9.17, 15) is 5.26 Å². The van der Waals surface area contributed by atoms with E-state index < -0.39 is 0 Å². The van der Waals surface area contributed by atoms with Gasteiger partial charge in [0.25, 0.3) is 0 Å². The summed E-state index contributed by atoms with van der Waals surface area (Å²) in [7, 11) is 0. The van der Waals surface area contributed by atoms with Gasteiger partial charge in [0.15, 0.2) is 5.82 Å². The Morgan fingerprint density at radius 3 is 2.62 bits per heavy atom. The largest absolute Gasteiger partial charge is 0.383 e. The van der Waals surface area contributed by atoms with Crippen LogP contribution in [0, 0.1) is 11.3 Å². The lowest BCUT2D eigenvalue weighted by molar-refractivity contribution is 0.122. The molecule has 0 unspecified atom stereocenters. The third kappa shape index (κ3) is 2.69. The minimum atomic E-state index is 0.419. The lowest BCUT2D eigenvalue weighted by Gasteiger charge is -2.26. The quantitative estimate of drug-likeness (QED) is 0.916. The van der Waals surface area contributed by atoms with Crippen LogP contribution in [-0.2, 0) is 11.3 Å². The summed E-state index contributed by atoms with van der Waals surface area (Å²) in [6.07, 6.45) is 0. The zero-order valence-electron chi connectivity index (χ0n) is 11.7. The first-order valence-electron chi connectivity index (χ1n) is 6.92. The van der Waals surface area contributed by atoms with Gasteiger partial charge in [0, 0.05) is 13.1 Å². The van der Waals surface area contributed by atoms with E-state index in [-0.39, 0.29) is 0 Å². The van der Waals surface area contributed by atoms with Crippen molar-refractivity contribution in [2.75, 3.05) is 36.9 Å². The number of anilines is 2. The van der Waals surface area contributed by atoms with Gasteiger partial charge in [0.2, 0.25) is 0 Å². The summed E-state index contributed by atoms with van der Waals surface area (Å²) in [6, 6.07) is 12.1. The molecule has 0 atom stereocenters. The summed E-state index contributed by atoms with van der Waals surface area (Å²) in [5.74, 6) is 1.08. The van der Waals surface area contributed by atoms with Crippen molar-refractivity contribution in [2.45, 2.75) is 6.54 Å². The fraction of sp³-hybridized carbons (Fsp3) is 0.333. The first kappa shape index (κ1) is 13.5. The Balaban J connectivity index is 1.91. The molecule has 2 heterocycles. The summed E-state index contributed by atoms with van der Waals surface area (Å²) in [5, 5.41) is 13.9. The Labute approximate surface area is 123 Å². The Morgan fingerprint density at radius 2 is 1.95 bits per heavy atom. The number of benzene rings is 1. The molecule has 1 aliphatic heterocycles. The van der Waals surface area contributed by atoms with Gasteiger partial charge in [0.1, 0.15) is 17.5 Å². The van der Waals surface area contributed by atoms with Crippen molar-refractivity contribution >= 4 is 11.6 Å². The molecule has 2 N–H and O–H groups in total. The van der Waals surface area contributed by atoms with E-state index >= 15 is 0 Å². The van der Waals surface area contributed by atoms with Gasteiger partial charge in [-0.1, -0.05) is 30.3 Å². The zero-order chi connectivity index (χ0) is 14.7. The van der Waals surface area contributed by atoms with E-state index in [1.807, 2.05) is 30.3 Å². The number of nitrogens with zero attached hydrogens (tertiary/aromatic N) is 4. The highest BCUT2D eigenvalue weighted by atomic mass is 16.5. The zero-order valence-corrected chi connectivity index (χ0v) is 11.7.